The normalized spacial score (nSPS) is 11.2. The molecule has 3 N–H and O–H groups in total. The second-order valence-electron chi connectivity index (χ2n) is 8.22. The van der Waals surface area contributed by atoms with Gasteiger partial charge < -0.3 is 34.5 Å². The number of rotatable bonds is 14. The number of carbonyl (C=O) groups is 2. The minimum absolute atomic E-state index is 0.128. The highest BCUT2D eigenvalue weighted by Crippen LogP contribution is 2.47. The average Bonchev–Trinajstić information content (AvgIpc) is 2.95. The van der Waals surface area contributed by atoms with Gasteiger partial charge in [-0.15, -0.1) is 0 Å². The first-order valence-corrected chi connectivity index (χ1v) is 14.9. The molecule has 0 radical (unpaired) electrons. The predicted octanol–water partition coefficient (Wildman–Crippen LogP) is 6.73. The van der Waals surface area contributed by atoms with Crippen molar-refractivity contribution in [3.63, 3.8) is 0 Å². The van der Waals surface area contributed by atoms with Crippen LogP contribution < -0.4 is 25.4 Å². The first-order chi connectivity index (χ1) is 19.7. The first kappa shape index (κ1) is 31.6. The van der Waals surface area contributed by atoms with Crippen LogP contribution in [-0.4, -0.2) is 50.0 Å². The highest BCUT2D eigenvalue weighted by molar-refractivity contribution is 7.54. The Morgan fingerprint density at radius 1 is 0.927 bits per heavy atom. The molecule has 3 aromatic rings. The third-order valence-corrected chi connectivity index (χ3v) is 7.48. The number of carbonyl (C=O) groups excluding carboxylic acids is 2. The molecule has 2 aromatic carbocycles. The van der Waals surface area contributed by atoms with Gasteiger partial charge in [-0.25, -0.2) is 4.79 Å². The number of ether oxygens (including phenoxy) is 2. The van der Waals surface area contributed by atoms with Crippen LogP contribution in [0.15, 0.2) is 72.9 Å². The van der Waals surface area contributed by atoms with Crippen LogP contribution in [0.25, 0.3) is 0 Å². The van der Waals surface area contributed by atoms with Crippen molar-refractivity contribution in [2.24, 2.45) is 0 Å². The molecule has 41 heavy (non-hydrogen) atoms. The fraction of sp³-hybridized carbons (Fsp3) is 0.250. The van der Waals surface area contributed by atoms with E-state index in [1.54, 1.807) is 74.5 Å². The van der Waals surface area contributed by atoms with Crippen molar-refractivity contribution in [2.75, 3.05) is 43.7 Å². The topological polar surface area (TPSA) is 137 Å². The Hall–Kier alpha value is -3.89. The molecule has 0 unspecified atom stereocenters. The summed E-state index contributed by atoms with van der Waals surface area (Å²) in [5.74, 6) is 1.01. The summed E-state index contributed by atoms with van der Waals surface area (Å²) in [7, 11) is -1.64. The van der Waals surface area contributed by atoms with Gasteiger partial charge in [-0.05, 0) is 56.3 Å². The van der Waals surface area contributed by atoms with Crippen LogP contribution in [0.3, 0.4) is 0 Å². The molecule has 0 bridgehead atoms. The number of hydrogen-bond acceptors (Lipinski definition) is 8. The van der Waals surface area contributed by atoms with Crippen LogP contribution in [0.4, 0.5) is 16.2 Å². The molecular formula is C28H32ClN4O7P. The molecule has 0 saturated carbocycles. The van der Waals surface area contributed by atoms with Gasteiger partial charge in [-0.1, -0.05) is 23.8 Å². The average molecular weight is 603 g/mol. The number of anilines is 2. The van der Waals surface area contributed by atoms with E-state index >= 15 is 0 Å². The highest BCUT2D eigenvalue weighted by atomic mass is 35.5. The molecule has 0 atom stereocenters. The third-order valence-electron chi connectivity index (χ3n) is 5.21. The second-order valence-corrected chi connectivity index (χ2v) is 10.7. The number of amides is 3. The molecule has 1 heterocycles. The Bertz CT molecular complexity index is 1390. The largest absolute Gasteiger partial charge is 0.488 e. The van der Waals surface area contributed by atoms with E-state index in [-0.39, 0.29) is 24.4 Å². The lowest BCUT2D eigenvalue weighted by Crippen LogP contribution is -2.19. The van der Waals surface area contributed by atoms with Gasteiger partial charge in [0.05, 0.1) is 24.4 Å². The fourth-order valence-corrected chi connectivity index (χ4v) is 5.05. The number of urea groups is 1. The Morgan fingerprint density at radius 2 is 1.61 bits per heavy atom. The predicted molar refractivity (Wildman–Crippen MR) is 159 cm³/mol. The van der Waals surface area contributed by atoms with Gasteiger partial charge >= 0.3 is 13.6 Å². The smallest absolute Gasteiger partial charge is 0.334 e. The molecule has 0 aliphatic carbocycles. The summed E-state index contributed by atoms with van der Waals surface area (Å²) in [6.07, 6.45) is 4.97. The second kappa shape index (κ2) is 15.8. The lowest BCUT2D eigenvalue weighted by atomic mass is 10.3. The monoisotopic (exact) mass is 602 g/mol. The molecule has 3 rings (SSSR count). The molecule has 0 aliphatic heterocycles. The quantitative estimate of drug-likeness (QED) is 0.136. The molecule has 3 amide bonds. The Kier molecular flexibility index (Phi) is 12.2. The van der Waals surface area contributed by atoms with Gasteiger partial charge in [0.15, 0.2) is 0 Å². The maximum absolute atomic E-state index is 12.6. The van der Waals surface area contributed by atoms with Gasteiger partial charge in [0.25, 0.3) is 5.91 Å². The van der Waals surface area contributed by atoms with E-state index in [1.807, 2.05) is 0 Å². The standard InChI is InChI=1S/C28H32ClN4O7P/c1-4-38-41(36,39-5-2)17-7-6-16-37-26-18-21(10-13-24(26)29)33-28(35)32-20-8-11-22(12-9-20)40-23-14-15-31-25(19-23)27(34)30-3/h6-15,18-19H,4-5,16-17H2,1-3H3,(H,30,34)(H2,32,33,35)/b7-6+. The van der Waals surface area contributed by atoms with Crippen molar-refractivity contribution in [1.29, 1.82) is 0 Å². The van der Waals surface area contributed by atoms with Crippen LogP contribution in [0.2, 0.25) is 5.02 Å². The molecule has 0 aliphatic rings. The van der Waals surface area contributed by atoms with Gasteiger partial charge in [0.2, 0.25) is 0 Å². The zero-order valence-corrected chi connectivity index (χ0v) is 24.5. The lowest BCUT2D eigenvalue weighted by molar-refractivity contribution is 0.0957. The molecule has 0 saturated heterocycles. The van der Waals surface area contributed by atoms with Crippen molar-refractivity contribution in [1.82, 2.24) is 10.3 Å². The maximum Gasteiger partial charge on any atom is 0.334 e. The Labute approximate surface area is 243 Å². The SMILES string of the molecule is CCOP(=O)(C/C=C/COc1cc(NC(=O)Nc2ccc(Oc3ccnc(C(=O)NC)c3)cc2)ccc1Cl)OCC. The summed E-state index contributed by atoms with van der Waals surface area (Å²) in [5, 5.41) is 8.35. The summed E-state index contributed by atoms with van der Waals surface area (Å²) in [5.41, 5.74) is 1.23. The van der Waals surface area contributed by atoms with Gasteiger partial charge in [0, 0.05) is 36.8 Å². The zero-order chi connectivity index (χ0) is 29.7. The number of pyridine rings is 1. The summed E-state index contributed by atoms with van der Waals surface area (Å²) < 4.78 is 34.5. The van der Waals surface area contributed by atoms with Crippen molar-refractivity contribution < 1.29 is 32.7 Å². The molecule has 0 spiro atoms. The van der Waals surface area contributed by atoms with Crippen LogP contribution in [-0.2, 0) is 13.6 Å². The van der Waals surface area contributed by atoms with E-state index in [2.05, 4.69) is 20.9 Å². The van der Waals surface area contributed by atoms with Crippen LogP contribution in [0.1, 0.15) is 24.3 Å². The molecular weight excluding hydrogens is 571 g/mol. The van der Waals surface area contributed by atoms with Crippen LogP contribution in [0, 0.1) is 0 Å². The Balaban J connectivity index is 1.52. The number of allylic oxidation sites excluding steroid dienone is 1. The summed E-state index contributed by atoms with van der Waals surface area (Å²) in [6.45, 7) is 4.25. The molecule has 11 nitrogen and oxygen atoms in total. The summed E-state index contributed by atoms with van der Waals surface area (Å²) >= 11 is 6.24. The first-order valence-electron chi connectivity index (χ1n) is 12.7. The zero-order valence-electron chi connectivity index (χ0n) is 22.9. The number of nitrogens with one attached hydrogen (secondary N) is 3. The van der Waals surface area contributed by atoms with E-state index in [0.717, 1.165) is 0 Å². The third kappa shape index (κ3) is 10.2. The Morgan fingerprint density at radius 3 is 2.29 bits per heavy atom. The minimum atomic E-state index is -3.16. The summed E-state index contributed by atoms with van der Waals surface area (Å²) in [6, 6.07) is 14.2. The van der Waals surface area contributed by atoms with Gasteiger partial charge in [0.1, 0.15) is 29.5 Å². The van der Waals surface area contributed by atoms with Crippen molar-refractivity contribution >= 4 is 42.5 Å². The van der Waals surface area contributed by atoms with Crippen molar-refractivity contribution in [3.05, 3.63) is 83.7 Å². The van der Waals surface area contributed by atoms with E-state index < -0.39 is 13.6 Å². The van der Waals surface area contributed by atoms with E-state index in [1.165, 1.54) is 19.3 Å². The lowest BCUT2D eigenvalue weighted by Gasteiger charge is -2.14. The van der Waals surface area contributed by atoms with Gasteiger partial charge in [-0.3, -0.25) is 14.3 Å². The van der Waals surface area contributed by atoms with Crippen molar-refractivity contribution in [2.45, 2.75) is 13.8 Å². The van der Waals surface area contributed by atoms with Crippen LogP contribution >= 0.6 is 19.2 Å². The molecule has 218 valence electrons. The van der Waals surface area contributed by atoms with Gasteiger partial charge in [-0.2, -0.15) is 0 Å². The van der Waals surface area contributed by atoms with E-state index in [0.29, 0.717) is 46.9 Å². The number of halogens is 1. The van der Waals surface area contributed by atoms with E-state index in [4.69, 9.17) is 30.1 Å². The minimum Gasteiger partial charge on any atom is -0.488 e. The van der Waals surface area contributed by atoms with Crippen molar-refractivity contribution in [3.8, 4) is 17.2 Å². The van der Waals surface area contributed by atoms with E-state index in [9.17, 15) is 14.2 Å². The number of nitrogens with zero attached hydrogens (tertiary/aromatic N) is 1. The summed E-state index contributed by atoms with van der Waals surface area (Å²) in [4.78, 5) is 28.3. The fourth-order valence-electron chi connectivity index (χ4n) is 3.40. The molecule has 0 fully saturated rings. The highest BCUT2D eigenvalue weighted by Gasteiger charge is 2.21. The molecule has 13 heteroatoms. The number of benzene rings is 2. The number of aromatic nitrogens is 1. The maximum atomic E-state index is 12.6. The van der Waals surface area contributed by atoms with Crippen LogP contribution in [0.5, 0.6) is 17.2 Å². The number of hydrogen-bond donors (Lipinski definition) is 3. The molecule has 1 aromatic heterocycles.